The van der Waals surface area contributed by atoms with E-state index in [1.54, 1.807) is 0 Å². The van der Waals surface area contributed by atoms with E-state index in [0.29, 0.717) is 13.0 Å². The zero-order valence-corrected chi connectivity index (χ0v) is 5.79. The summed E-state index contributed by atoms with van der Waals surface area (Å²) in [6.45, 7) is 1.82. The quantitative estimate of drug-likeness (QED) is 0.211. The Bertz CT molecular complexity index is 144. The van der Waals surface area contributed by atoms with Crippen molar-refractivity contribution in [3.63, 3.8) is 0 Å². The Hall–Kier alpha value is -1.26. The number of nitrogens with zero attached hydrogens (tertiary/aromatic N) is 1. The van der Waals surface area contributed by atoms with E-state index in [-0.39, 0.29) is 11.7 Å². The number of nitrogens with one attached hydrogen (secondary N) is 1. The molecule has 10 heavy (non-hydrogen) atoms. The average Bonchev–Trinajstić information content (AvgIpc) is 1.87. The molecule has 0 aromatic carbocycles. The Kier molecular flexibility index (Phi) is 4.02. The Morgan fingerprint density at radius 3 is 2.80 bits per heavy atom. The first-order chi connectivity index (χ1) is 4.66. The zero-order valence-electron chi connectivity index (χ0n) is 5.79. The van der Waals surface area contributed by atoms with Crippen LogP contribution < -0.4 is 11.1 Å². The first-order valence-electron chi connectivity index (χ1n) is 2.87. The van der Waals surface area contributed by atoms with Crippen LogP contribution in [0.1, 0.15) is 13.3 Å². The highest BCUT2D eigenvalue weighted by atomic mass is 16.4. The van der Waals surface area contributed by atoms with Crippen LogP contribution in [0.5, 0.6) is 0 Å². The minimum absolute atomic E-state index is 0.119. The maximum absolute atomic E-state index is 10.3. The van der Waals surface area contributed by atoms with E-state index >= 15 is 0 Å². The maximum atomic E-state index is 10.3. The second-order valence-electron chi connectivity index (χ2n) is 1.82. The molecule has 0 heterocycles. The van der Waals surface area contributed by atoms with Gasteiger partial charge in [-0.25, -0.2) is 0 Å². The fourth-order valence-corrected chi connectivity index (χ4v) is 0.417. The van der Waals surface area contributed by atoms with Gasteiger partial charge < -0.3 is 16.3 Å². The van der Waals surface area contributed by atoms with Crippen molar-refractivity contribution in [3.8, 4) is 0 Å². The van der Waals surface area contributed by atoms with Crippen LogP contribution in [0.3, 0.4) is 0 Å². The monoisotopic (exact) mass is 145 g/mol. The topological polar surface area (TPSA) is 87.7 Å². The Morgan fingerprint density at radius 1 is 1.80 bits per heavy atom. The third-order valence-corrected chi connectivity index (χ3v) is 0.884. The molecular weight excluding hydrogens is 134 g/mol. The summed E-state index contributed by atoms with van der Waals surface area (Å²) < 4.78 is 0. The van der Waals surface area contributed by atoms with Crippen LogP contribution in [0.2, 0.25) is 0 Å². The Morgan fingerprint density at radius 2 is 2.40 bits per heavy atom. The second-order valence-corrected chi connectivity index (χ2v) is 1.82. The predicted octanol–water partition coefficient (Wildman–Crippen LogP) is -0.741. The van der Waals surface area contributed by atoms with Crippen molar-refractivity contribution >= 4 is 11.7 Å². The molecule has 0 atom stereocenters. The third kappa shape index (κ3) is 4.89. The minimum Gasteiger partial charge on any atom is -0.409 e. The van der Waals surface area contributed by atoms with E-state index in [1.807, 2.05) is 0 Å². The summed E-state index contributed by atoms with van der Waals surface area (Å²) >= 11 is 0. The molecular formula is C5H11N3O2. The van der Waals surface area contributed by atoms with Crippen LogP contribution in [-0.4, -0.2) is 23.5 Å². The SMILES string of the molecule is CC(=O)NCCC(N)=NO. The van der Waals surface area contributed by atoms with Crippen molar-refractivity contribution < 1.29 is 10.0 Å². The average molecular weight is 145 g/mol. The summed E-state index contributed by atoms with van der Waals surface area (Å²) in [5.41, 5.74) is 5.11. The molecule has 5 heteroatoms. The van der Waals surface area contributed by atoms with Crippen LogP contribution in [0.25, 0.3) is 0 Å². The van der Waals surface area contributed by atoms with Gasteiger partial charge >= 0.3 is 0 Å². The second kappa shape index (κ2) is 4.60. The number of nitrogens with two attached hydrogens (primary N) is 1. The van der Waals surface area contributed by atoms with E-state index in [1.165, 1.54) is 6.92 Å². The van der Waals surface area contributed by atoms with Gasteiger partial charge in [-0.1, -0.05) is 5.16 Å². The fourth-order valence-electron chi connectivity index (χ4n) is 0.417. The Balaban J connectivity index is 3.29. The molecule has 58 valence electrons. The maximum Gasteiger partial charge on any atom is 0.216 e. The molecule has 4 N–H and O–H groups in total. The highest BCUT2D eigenvalue weighted by Crippen LogP contribution is 1.75. The molecule has 0 radical (unpaired) electrons. The predicted molar refractivity (Wildman–Crippen MR) is 36.7 cm³/mol. The van der Waals surface area contributed by atoms with Gasteiger partial charge in [0.15, 0.2) is 0 Å². The van der Waals surface area contributed by atoms with Crippen molar-refractivity contribution in [1.29, 1.82) is 0 Å². The van der Waals surface area contributed by atoms with Gasteiger partial charge in [-0.3, -0.25) is 4.79 Å². The molecule has 0 aliphatic rings. The lowest BCUT2D eigenvalue weighted by Crippen LogP contribution is -2.25. The smallest absolute Gasteiger partial charge is 0.216 e. The van der Waals surface area contributed by atoms with Gasteiger partial charge in [-0.05, 0) is 0 Å². The number of hydrogen-bond donors (Lipinski definition) is 3. The van der Waals surface area contributed by atoms with Gasteiger partial charge in [-0.2, -0.15) is 0 Å². The van der Waals surface area contributed by atoms with Gasteiger partial charge in [0, 0.05) is 19.9 Å². The molecule has 0 saturated heterocycles. The largest absolute Gasteiger partial charge is 0.409 e. The van der Waals surface area contributed by atoms with Gasteiger partial charge in [0.05, 0.1) is 0 Å². The van der Waals surface area contributed by atoms with E-state index in [4.69, 9.17) is 10.9 Å². The molecule has 0 saturated carbocycles. The Labute approximate surface area is 58.9 Å². The van der Waals surface area contributed by atoms with Crippen molar-refractivity contribution in [2.45, 2.75) is 13.3 Å². The highest BCUT2D eigenvalue weighted by molar-refractivity contribution is 5.80. The van der Waals surface area contributed by atoms with E-state index in [0.717, 1.165) is 0 Å². The summed E-state index contributed by atoms with van der Waals surface area (Å²) in [6.07, 6.45) is 0.371. The lowest BCUT2D eigenvalue weighted by atomic mass is 10.4. The first-order valence-corrected chi connectivity index (χ1v) is 2.87. The standard InChI is InChI=1S/C5H11N3O2/c1-4(9)7-3-2-5(6)8-10/h10H,2-3H2,1H3,(H2,6,8)(H,7,9). The first kappa shape index (κ1) is 8.74. The number of amides is 1. The summed E-state index contributed by atoms with van der Waals surface area (Å²) in [7, 11) is 0. The molecule has 1 amide bonds. The van der Waals surface area contributed by atoms with Crippen LogP contribution >= 0.6 is 0 Å². The van der Waals surface area contributed by atoms with Gasteiger partial charge in [0.25, 0.3) is 0 Å². The zero-order chi connectivity index (χ0) is 7.98. The van der Waals surface area contributed by atoms with Crippen molar-refractivity contribution in [2.24, 2.45) is 10.9 Å². The molecule has 0 fully saturated rings. The molecule has 5 nitrogen and oxygen atoms in total. The molecule has 0 aliphatic carbocycles. The van der Waals surface area contributed by atoms with Crippen LogP contribution in [0.15, 0.2) is 5.16 Å². The highest BCUT2D eigenvalue weighted by Gasteiger charge is 1.93. The molecule has 0 rings (SSSR count). The third-order valence-electron chi connectivity index (χ3n) is 0.884. The molecule has 0 aromatic heterocycles. The summed E-state index contributed by atoms with van der Waals surface area (Å²) in [5, 5.41) is 13.3. The summed E-state index contributed by atoms with van der Waals surface area (Å²) in [6, 6.07) is 0. The van der Waals surface area contributed by atoms with E-state index in [2.05, 4.69) is 10.5 Å². The number of hydrogen-bond acceptors (Lipinski definition) is 3. The van der Waals surface area contributed by atoms with Crippen molar-refractivity contribution in [1.82, 2.24) is 5.32 Å². The van der Waals surface area contributed by atoms with Gasteiger partial charge in [-0.15, -0.1) is 0 Å². The molecule has 0 spiro atoms. The number of carbonyl (C=O) groups is 1. The lowest BCUT2D eigenvalue weighted by molar-refractivity contribution is -0.118. The molecule has 0 aromatic rings. The number of amidine groups is 1. The molecule has 0 bridgehead atoms. The molecule has 0 aliphatic heterocycles. The van der Waals surface area contributed by atoms with Crippen LogP contribution in [0.4, 0.5) is 0 Å². The minimum atomic E-state index is -0.120. The number of rotatable bonds is 3. The fraction of sp³-hybridized carbons (Fsp3) is 0.600. The van der Waals surface area contributed by atoms with Gasteiger partial charge in [0.2, 0.25) is 5.91 Å². The number of oxime groups is 1. The van der Waals surface area contributed by atoms with Crippen molar-refractivity contribution in [3.05, 3.63) is 0 Å². The van der Waals surface area contributed by atoms with Crippen LogP contribution in [0, 0.1) is 0 Å². The lowest BCUT2D eigenvalue weighted by Gasteiger charge is -1.98. The van der Waals surface area contributed by atoms with Crippen molar-refractivity contribution in [2.75, 3.05) is 6.54 Å². The summed E-state index contributed by atoms with van der Waals surface area (Å²) in [4.78, 5) is 10.3. The summed E-state index contributed by atoms with van der Waals surface area (Å²) in [5.74, 6) is -0.000472. The normalized spacial score (nSPS) is 11.1. The van der Waals surface area contributed by atoms with E-state index < -0.39 is 0 Å². The van der Waals surface area contributed by atoms with Crippen LogP contribution in [-0.2, 0) is 4.79 Å². The van der Waals surface area contributed by atoms with E-state index in [9.17, 15) is 4.79 Å². The number of carbonyl (C=O) groups excluding carboxylic acids is 1. The van der Waals surface area contributed by atoms with Gasteiger partial charge in [0.1, 0.15) is 5.84 Å². The molecule has 0 unspecified atom stereocenters.